The fourth-order valence-electron chi connectivity index (χ4n) is 2.50. The molecule has 0 aromatic heterocycles. The summed E-state index contributed by atoms with van der Waals surface area (Å²) < 4.78 is 0. The molecule has 7 heteroatoms. The van der Waals surface area contributed by atoms with E-state index in [0.29, 0.717) is 18.1 Å². The van der Waals surface area contributed by atoms with Crippen LogP contribution in [0.15, 0.2) is 18.2 Å². The van der Waals surface area contributed by atoms with Gasteiger partial charge in [0.2, 0.25) is 0 Å². The van der Waals surface area contributed by atoms with Gasteiger partial charge in [0, 0.05) is 36.3 Å². The number of halogens is 1. The lowest BCUT2D eigenvalue weighted by molar-refractivity contribution is -0.385. The number of carbonyl (C=O) groups is 1. The summed E-state index contributed by atoms with van der Waals surface area (Å²) >= 11 is 5.86. The van der Waals surface area contributed by atoms with Crippen LogP contribution in [0.2, 0.25) is 5.02 Å². The van der Waals surface area contributed by atoms with Crippen LogP contribution in [0.4, 0.5) is 5.69 Å². The first-order valence-electron chi connectivity index (χ1n) is 6.37. The van der Waals surface area contributed by atoms with Gasteiger partial charge in [0.15, 0.2) is 0 Å². The Morgan fingerprint density at radius 3 is 2.55 bits per heavy atom. The van der Waals surface area contributed by atoms with Crippen molar-refractivity contribution in [1.29, 1.82) is 0 Å². The highest BCUT2D eigenvalue weighted by Gasteiger charge is 2.29. The molecule has 1 N–H and O–H groups in total. The second-order valence-corrected chi connectivity index (χ2v) is 5.53. The number of hydrogen-bond donors (Lipinski definition) is 1. The largest absolute Gasteiger partial charge is 0.335 e. The van der Waals surface area contributed by atoms with E-state index in [1.54, 1.807) is 4.90 Å². The second kappa shape index (κ2) is 5.76. The van der Waals surface area contributed by atoms with Crippen LogP contribution in [-0.2, 0) is 0 Å². The quantitative estimate of drug-likeness (QED) is 0.670. The Labute approximate surface area is 121 Å². The molecule has 1 aromatic rings. The van der Waals surface area contributed by atoms with Gasteiger partial charge in [0.25, 0.3) is 11.6 Å². The molecule has 0 radical (unpaired) electrons. The summed E-state index contributed by atoms with van der Waals surface area (Å²) in [6, 6.07) is 4.35. The van der Waals surface area contributed by atoms with E-state index >= 15 is 0 Å². The molecule has 1 saturated heterocycles. The van der Waals surface area contributed by atoms with Crippen molar-refractivity contribution in [1.82, 2.24) is 10.2 Å². The molecule has 2 rings (SSSR count). The van der Waals surface area contributed by atoms with Crippen LogP contribution in [0.25, 0.3) is 0 Å². The number of rotatable bonds is 2. The van der Waals surface area contributed by atoms with Gasteiger partial charge in [-0.15, -0.1) is 0 Å². The Balaban J connectivity index is 2.33. The number of nitro benzene ring substituents is 1. The fraction of sp³-hybridized carbons (Fsp3) is 0.462. The van der Waals surface area contributed by atoms with Crippen LogP contribution in [-0.4, -0.2) is 40.9 Å². The first-order valence-corrected chi connectivity index (χ1v) is 6.75. The third-order valence-electron chi connectivity index (χ3n) is 3.23. The van der Waals surface area contributed by atoms with Crippen LogP contribution in [0.5, 0.6) is 0 Å². The fourth-order valence-corrected chi connectivity index (χ4v) is 2.67. The lowest BCUT2D eigenvalue weighted by Gasteiger charge is -2.36. The van der Waals surface area contributed by atoms with Crippen molar-refractivity contribution in [3.8, 4) is 0 Å². The Morgan fingerprint density at radius 1 is 1.40 bits per heavy atom. The van der Waals surface area contributed by atoms with Crippen LogP contribution in [0, 0.1) is 10.1 Å². The Morgan fingerprint density at radius 2 is 2.00 bits per heavy atom. The molecule has 1 amide bonds. The van der Waals surface area contributed by atoms with E-state index in [0.717, 1.165) is 0 Å². The number of piperazine rings is 1. The van der Waals surface area contributed by atoms with Crippen molar-refractivity contribution in [3.63, 3.8) is 0 Å². The van der Waals surface area contributed by atoms with Gasteiger partial charge in [-0.05, 0) is 26.0 Å². The van der Waals surface area contributed by atoms with Crippen molar-refractivity contribution < 1.29 is 9.72 Å². The molecule has 2 atom stereocenters. The molecular formula is C13H16ClN3O3. The predicted octanol–water partition coefficient (Wildman–Crippen LogP) is 2.07. The summed E-state index contributed by atoms with van der Waals surface area (Å²) in [6.07, 6.45) is 0. The highest BCUT2D eigenvalue weighted by molar-refractivity contribution is 6.31. The molecule has 20 heavy (non-hydrogen) atoms. The van der Waals surface area contributed by atoms with Crippen LogP contribution in [0.1, 0.15) is 24.2 Å². The van der Waals surface area contributed by atoms with Crippen LogP contribution in [0.3, 0.4) is 0 Å². The maximum absolute atomic E-state index is 12.5. The number of benzene rings is 1. The second-order valence-electron chi connectivity index (χ2n) is 5.10. The topological polar surface area (TPSA) is 75.5 Å². The molecule has 0 saturated carbocycles. The van der Waals surface area contributed by atoms with E-state index in [-0.39, 0.29) is 29.2 Å². The predicted molar refractivity (Wildman–Crippen MR) is 76.1 cm³/mol. The van der Waals surface area contributed by atoms with Gasteiger partial charge < -0.3 is 10.2 Å². The lowest BCUT2D eigenvalue weighted by atomic mass is 10.1. The van der Waals surface area contributed by atoms with Crippen molar-refractivity contribution >= 4 is 23.2 Å². The average Bonchev–Trinajstić information content (AvgIpc) is 2.36. The van der Waals surface area contributed by atoms with Crippen molar-refractivity contribution in [2.75, 3.05) is 13.1 Å². The summed E-state index contributed by atoms with van der Waals surface area (Å²) in [5.74, 6) is -0.348. The van der Waals surface area contributed by atoms with Gasteiger partial charge in [-0.3, -0.25) is 14.9 Å². The van der Waals surface area contributed by atoms with Gasteiger partial charge >= 0.3 is 0 Å². The Bertz CT molecular complexity index is 540. The normalized spacial score (nSPS) is 22.6. The smallest absolute Gasteiger partial charge is 0.282 e. The monoisotopic (exact) mass is 297 g/mol. The molecule has 0 bridgehead atoms. The number of nitrogens with zero attached hydrogens (tertiary/aromatic N) is 2. The molecule has 1 aromatic carbocycles. The van der Waals surface area contributed by atoms with Gasteiger partial charge in [-0.25, -0.2) is 0 Å². The van der Waals surface area contributed by atoms with E-state index in [4.69, 9.17) is 11.6 Å². The third kappa shape index (κ3) is 3.08. The number of amides is 1. The highest BCUT2D eigenvalue weighted by atomic mass is 35.5. The van der Waals surface area contributed by atoms with Gasteiger partial charge in [-0.1, -0.05) is 11.6 Å². The van der Waals surface area contributed by atoms with Gasteiger partial charge in [0.1, 0.15) is 5.56 Å². The molecule has 6 nitrogen and oxygen atoms in total. The first-order chi connectivity index (χ1) is 9.38. The van der Waals surface area contributed by atoms with E-state index in [1.165, 1.54) is 18.2 Å². The SMILES string of the molecule is CC1CN(C(=O)c2cc(Cl)ccc2[N+](=O)[O-])CC(C)N1. The molecule has 0 spiro atoms. The summed E-state index contributed by atoms with van der Waals surface area (Å²) in [6.45, 7) is 4.99. The van der Waals surface area contributed by atoms with Crippen molar-refractivity contribution in [3.05, 3.63) is 38.9 Å². The minimum Gasteiger partial charge on any atom is -0.335 e. The summed E-state index contributed by atoms with van der Waals surface area (Å²) in [4.78, 5) is 24.6. The van der Waals surface area contributed by atoms with Gasteiger partial charge in [-0.2, -0.15) is 0 Å². The molecule has 108 valence electrons. The Hall–Kier alpha value is -1.66. The van der Waals surface area contributed by atoms with E-state index < -0.39 is 4.92 Å². The first kappa shape index (κ1) is 14.7. The summed E-state index contributed by atoms with van der Waals surface area (Å²) in [5, 5.41) is 14.7. The zero-order valence-electron chi connectivity index (χ0n) is 11.3. The van der Waals surface area contributed by atoms with Crippen molar-refractivity contribution in [2.24, 2.45) is 0 Å². The minimum absolute atomic E-state index is 0.0452. The van der Waals surface area contributed by atoms with Crippen molar-refractivity contribution in [2.45, 2.75) is 25.9 Å². The van der Waals surface area contributed by atoms with Crippen LogP contribution >= 0.6 is 11.6 Å². The maximum Gasteiger partial charge on any atom is 0.282 e. The van der Waals surface area contributed by atoms with Gasteiger partial charge in [0.05, 0.1) is 4.92 Å². The van der Waals surface area contributed by atoms with E-state index in [1.807, 2.05) is 13.8 Å². The molecule has 1 aliphatic heterocycles. The molecule has 0 aliphatic carbocycles. The standard InChI is InChI=1S/C13H16ClN3O3/c1-8-6-16(7-9(2)15-8)13(18)11-5-10(14)3-4-12(11)17(19)20/h3-5,8-9,15H,6-7H2,1-2H3. The zero-order valence-corrected chi connectivity index (χ0v) is 12.1. The molecule has 2 unspecified atom stereocenters. The van der Waals surface area contributed by atoms with E-state index in [9.17, 15) is 14.9 Å². The molecular weight excluding hydrogens is 282 g/mol. The molecule has 1 aliphatic rings. The third-order valence-corrected chi connectivity index (χ3v) is 3.47. The average molecular weight is 298 g/mol. The lowest BCUT2D eigenvalue weighted by Crippen LogP contribution is -2.55. The number of hydrogen-bond acceptors (Lipinski definition) is 4. The maximum atomic E-state index is 12.5. The number of nitro groups is 1. The summed E-state index contributed by atoms with van der Waals surface area (Å²) in [5.41, 5.74) is -0.165. The minimum atomic E-state index is -0.557. The molecule has 1 fully saturated rings. The number of nitrogens with one attached hydrogen (secondary N) is 1. The zero-order chi connectivity index (χ0) is 14.9. The summed E-state index contributed by atoms with van der Waals surface area (Å²) in [7, 11) is 0. The van der Waals surface area contributed by atoms with E-state index in [2.05, 4.69) is 5.32 Å². The number of carbonyl (C=O) groups excluding carboxylic acids is 1. The highest BCUT2D eigenvalue weighted by Crippen LogP contribution is 2.24. The Kier molecular flexibility index (Phi) is 4.25. The molecule has 1 heterocycles. The van der Waals surface area contributed by atoms with Crippen LogP contribution < -0.4 is 5.32 Å².